The fourth-order valence-corrected chi connectivity index (χ4v) is 2.66. The molecule has 0 saturated carbocycles. The summed E-state index contributed by atoms with van der Waals surface area (Å²) in [4.78, 5) is 14.1. The number of nitrogens with zero attached hydrogens (tertiary/aromatic N) is 3. The largest absolute Gasteiger partial charge is 0.336 e. The Morgan fingerprint density at radius 3 is 2.90 bits per heavy atom. The average molecular weight is 273 g/mol. The number of carbonyl (C=O) groups is 1. The molecule has 1 aromatic heterocycles. The molecule has 0 N–H and O–H groups in total. The zero-order valence-corrected chi connectivity index (χ0v) is 11.1. The lowest BCUT2D eigenvalue weighted by Crippen LogP contribution is -2.41. The monoisotopic (exact) mass is 273 g/mol. The van der Waals surface area contributed by atoms with Crippen LogP contribution in [-0.2, 0) is 0 Å². The van der Waals surface area contributed by atoms with Gasteiger partial charge in [0.05, 0.1) is 11.6 Å². The summed E-state index contributed by atoms with van der Waals surface area (Å²) in [7, 11) is 0. The number of aromatic nitrogens is 2. The number of halogens is 1. The Morgan fingerprint density at radius 1 is 1.30 bits per heavy atom. The van der Waals surface area contributed by atoms with Crippen LogP contribution in [0.5, 0.6) is 0 Å². The molecule has 0 radical (unpaired) electrons. The van der Waals surface area contributed by atoms with Crippen LogP contribution in [0.15, 0.2) is 42.7 Å². The normalized spacial score (nSPS) is 19.1. The first-order chi connectivity index (χ1) is 9.75. The van der Waals surface area contributed by atoms with Gasteiger partial charge in [-0.25, -0.2) is 4.39 Å². The number of carbonyl (C=O) groups excluding carboxylic acids is 1. The van der Waals surface area contributed by atoms with Gasteiger partial charge in [0.1, 0.15) is 5.82 Å². The lowest BCUT2D eigenvalue weighted by atomic mass is 10.0. The minimum absolute atomic E-state index is 0.147. The van der Waals surface area contributed by atoms with E-state index in [4.69, 9.17) is 0 Å². The first kappa shape index (κ1) is 12.8. The quantitative estimate of drug-likeness (QED) is 0.843. The fourth-order valence-electron chi connectivity index (χ4n) is 2.66. The van der Waals surface area contributed by atoms with E-state index in [-0.39, 0.29) is 17.5 Å². The van der Waals surface area contributed by atoms with Crippen LogP contribution in [0.2, 0.25) is 0 Å². The Balaban J connectivity index is 1.77. The lowest BCUT2D eigenvalue weighted by molar-refractivity contribution is 0.0668. The van der Waals surface area contributed by atoms with E-state index in [2.05, 4.69) is 5.10 Å². The number of rotatable bonds is 2. The minimum atomic E-state index is -0.460. The summed E-state index contributed by atoms with van der Waals surface area (Å²) in [6.07, 6.45) is 5.53. The maximum absolute atomic E-state index is 13.7. The molecule has 1 aliphatic rings. The molecule has 4 nitrogen and oxygen atoms in total. The minimum Gasteiger partial charge on any atom is -0.336 e. The predicted octanol–water partition coefficient (Wildman–Crippen LogP) is 2.50. The van der Waals surface area contributed by atoms with Crippen molar-refractivity contribution in [2.75, 3.05) is 13.1 Å². The molecule has 1 amide bonds. The van der Waals surface area contributed by atoms with Gasteiger partial charge in [-0.05, 0) is 31.0 Å². The first-order valence-electron chi connectivity index (χ1n) is 6.78. The van der Waals surface area contributed by atoms with Crippen LogP contribution in [0.3, 0.4) is 0 Å². The van der Waals surface area contributed by atoms with Crippen molar-refractivity contribution in [2.24, 2.45) is 0 Å². The summed E-state index contributed by atoms with van der Waals surface area (Å²) in [5.41, 5.74) is 0.147. The van der Waals surface area contributed by atoms with Gasteiger partial charge in [-0.1, -0.05) is 12.1 Å². The van der Waals surface area contributed by atoms with Crippen LogP contribution < -0.4 is 0 Å². The summed E-state index contributed by atoms with van der Waals surface area (Å²) in [6, 6.07) is 8.18. The zero-order valence-electron chi connectivity index (χ0n) is 11.1. The van der Waals surface area contributed by atoms with E-state index >= 15 is 0 Å². The summed E-state index contributed by atoms with van der Waals surface area (Å²) in [5, 5.41) is 4.23. The van der Waals surface area contributed by atoms with Gasteiger partial charge in [0, 0.05) is 25.5 Å². The second-order valence-electron chi connectivity index (χ2n) is 5.01. The molecule has 2 heterocycles. The number of likely N-dealkylation sites (tertiary alicyclic amines) is 1. The van der Waals surface area contributed by atoms with Gasteiger partial charge < -0.3 is 4.90 Å². The van der Waals surface area contributed by atoms with Crippen molar-refractivity contribution in [3.05, 3.63) is 54.1 Å². The molecule has 0 aliphatic carbocycles. The average Bonchev–Trinajstić information content (AvgIpc) is 3.01. The highest BCUT2D eigenvalue weighted by molar-refractivity contribution is 5.94. The van der Waals surface area contributed by atoms with Crippen LogP contribution in [0.25, 0.3) is 0 Å². The SMILES string of the molecule is O=C(c1ccccc1F)N1CCCC(n2cccn2)C1. The highest BCUT2D eigenvalue weighted by Gasteiger charge is 2.26. The van der Waals surface area contributed by atoms with Gasteiger partial charge in [0.15, 0.2) is 0 Å². The number of hydrogen-bond donors (Lipinski definition) is 0. The summed E-state index contributed by atoms with van der Waals surface area (Å²) in [6.45, 7) is 1.25. The summed E-state index contributed by atoms with van der Waals surface area (Å²) >= 11 is 0. The van der Waals surface area contributed by atoms with Crippen molar-refractivity contribution < 1.29 is 9.18 Å². The van der Waals surface area contributed by atoms with E-state index in [9.17, 15) is 9.18 Å². The first-order valence-corrected chi connectivity index (χ1v) is 6.78. The number of amides is 1. The Bertz CT molecular complexity index is 597. The van der Waals surface area contributed by atoms with E-state index in [1.165, 1.54) is 12.1 Å². The number of piperidine rings is 1. The van der Waals surface area contributed by atoms with Crippen molar-refractivity contribution in [1.29, 1.82) is 0 Å². The molecule has 104 valence electrons. The van der Waals surface area contributed by atoms with E-state index in [0.717, 1.165) is 12.8 Å². The van der Waals surface area contributed by atoms with Crippen LogP contribution >= 0.6 is 0 Å². The van der Waals surface area contributed by atoms with Crippen molar-refractivity contribution in [1.82, 2.24) is 14.7 Å². The van der Waals surface area contributed by atoms with Gasteiger partial charge in [-0.15, -0.1) is 0 Å². The van der Waals surface area contributed by atoms with Gasteiger partial charge in [-0.2, -0.15) is 5.10 Å². The molecule has 1 fully saturated rings. The maximum atomic E-state index is 13.7. The second kappa shape index (κ2) is 5.45. The van der Waals surface area contributed by atoms with E-state index < -0.39 is 5.82 Å². The zero-order chi connectivity index (χ0) is 13.9. The molecule has 1 aliphatic heterocycles. The highest BCUT2D eigenvalue weighted by Crippen LogP contribution is 2.22. The molecule has 0 bridgehead atoms. The molecule has 2 aromatic rings. The molecule has 1 saturated heterocycles. The Hall–Kier alpha value is -2.17. The molecule has 3 rings (SSSR count). The smallest absolute Gasteiger partial charge is 0.256 e. The topological polar surface area (TPSA) is 38.1 Å². The molecular formula is C15H16FN3O. The van der Waals surface area contributed by atoms with Gasteiger partial charge in [0.25, 0.3) is 5.91 Å². The van der Waals surface area contributed by atoms with Crippen molar-refractivity contribution in [2.45, 2.75) is 18.9 Å². The standard InChI is InChI=1S/C15H16FN3O/c16-14-7-2-1-6-13(14)15(20)18-9-3-5-12(11-18)19-10-4-8-17-19/h1-2,4,6-8,10,12H,3,5,9,11H2. The third-order valence-corrected chi connectivity index (χ3v) is 3.69. The Labute approximate surface area is 116 Å². The van der Waals surface area contributed by atoms with Crippen LogP contribution in [0, 0.1) is 5.82 Å². The van der Waals surface area contributed by atoms with Crippen LogP contribution in [0.1, 0.15) is 29.2 Å². The van der Waals surface area contributed by atoms with Gasteiger partial charge >= 0.3 is 0 Å². The highest BCUT2D eigenvalue weighted by atomic mass is 19.1. The molecule has 0 spiro atoms. The summed E-state index contributed by atoms with van der Waals surface area (Å²) in [5.74, 6) is -0.696. The van der Waals surface area contributed by atoms with Crippen molar-refractivity contribution in [3.63, 3.8) is 0 Å². The lowest BCUT2D eigenvalue weighted by Gasteiger charge is -2.33. The Kier molecular flexibility index (Phi) is 3.50. The van der Waals surface area contributed by atoms with Gasteiger partial charge in [-0.3, -0.25) is 9.48 Å². The predicted molar refractivity (Wildman–Crippen MR) is 72.8 cm³/mol. The van der Waals surface area contributed by atoms with Gasteiger partial charge in [0.2, 0.25) is 0 Å². The van der Waals surface area contributed by atoms with Crippen LogP contribution in [-0.4, -0.2) is 33.7 Å². The number of hydrogen-bond acceptors (Lipinski definition) is 2. The van der Waals surface area contributed by atoms with E-state index in [0.29, 0.717) is 13.1 Å². The third kappa shape index (κ3) is 2.43. The van der Waals surface area contributed by atoms with Crippen LogP contribution in [0.4, 0.5) is 4.39 Å². The fraction of sp³-hybridized carbons (Fsp3) is 0.333. The summed E-state index contributed by atoms with van der Waals surface area (Å²) < 4.78 is 15.6. The molecular weight excluding hydrogens is 257 g/mol. The maximum Gasteiger partial charge on any atom is 0.256 e. The molecule has 1 aromatic carbocycles. The molecule has 5 heteroatoms. The third-order valence-electron chi connectivity index (χ3n) is 3.69. The second-order valence-corrected chi connectivity index (χ2v) is 5.01. The molecule has 20 heavy (non-hydrogen) atoms. The van der Waals surface area contributed by atoms with E-state index in [1.807, 2.05) is 16.9 Å². The van der Waals surface area contributed by atoms with Crippen molar-refractivity contribution >= 4 is 5.91 Å². The van der Waals surface area contributed by atoms with Crippen molar-refractivity contribution in [3.8, 4) is 0 Å². The van der Waals surface area contributed by atoms with E-state index in [1.54, 1.807) is 23.2 Å². The number of benzene rings is 1. The Morgan fingerprint density at radius 2 is 2.15 bits per heavy atom. The molecule has 1 atom stereocenters. The molecule has 1 unspecified atom stereocenters.